The zero-order chi connectivity index (χ0) is 15.3. The largest absolute Gasteiger partial charge is 0.494 e. The van der Waals surface area contributed by atoms with E-state index in [4.69, 9.17) is 9.84 Å². The van der Waals surface area contributed by atoms with Gasteiger partial charge in [0, 0.05) is 18.3 Å². The lowest BCUT2D eigenvalue weighted by molar-refractivity contribution is -0.144. The lowest BCUT2D eigenvalue weighted by Crippen LogP contribution is -2.41. The van der Waals surface area contributed by atoms with E-state index >= 15 is 0 Å². The predicted octanol–water partition coefficient (Wildman–Crippen LogP) is 2.50. The van der Waals surface area contributed by atoms with Crippen LogP contribution in [0.3, 0.4) is 0 Å². The highest BCUT2D eigenvalue weighted by atomic mass is 16.5. The van der Waals surface area contributed by atoms with Gasteiger partial charge in [0.05, 0.1) is 18.1 Å². The Morgan fingerprint density at radius 1 is 1.43 bits per heavy atom. The average Bonchev–Trinajstić information content (AvgIpc) is 2.47. The Morgan fingerprint density at radius 3 is 2.76 bits per heavy atom. The fourth-order valence-electron chi connectivity index (χ4n) is 2.71. The molecule has 116 valence electrons. The van der Waals surface area contributed by atoms with Gasteiger partial charge >= 0.3 is 5.97 Å². The van der Waals surface area contributed by atoms with E-state index in [1.807, 2.05) is 31.2 Å². The van der Waals surface area contributed by atoms with E-state index < -0.39 is 11.6 Å². The number of rotatable bonds is 6. The van der Waals surface area contributed by atoms with Crippen molar-refractivity contribution < 1.29 is 19.7 Å². The van der Waals surface area contributed by atoms with Gasteiger partial charge in [-0.05, 0) is 44.7 Å². The smallest absolute Gasteiger partial charge is 0.306 e. The third-order valence-corrected chi connectivity index (χ3v) is 4.03. The SMILES string of the molecule is CCOc1cccc(NCC2(O)CCC(C(=O)O)CC2)c1. The Bertz CT molecular complexity index is 481. The first-order chi connectivity index (χ1) is 10.0. The Hall–Kier alpha value is -1.75. The highest BCUT2D eigenvalue weighted by Gasteiger charge is 2.35. The number of nitrogens with one attached hydrogen (secondary N) is 1. The molecule has 0 unspecified atom stereocenters. The van der Waals surface area contributed by atoms with E-state index in [0.29, 0.717) is 38.8 Å². The number of hydrogen-bond acceptors (Lipinski definition) is 4. The number of ether oxygens (including phenoxy) is 1. The molecular weight excluding hydrogens is 270 g/mol. The topological polar surface area (TPSA) is 78.8 Å². The molecule has 1 aromatic rings. The van der Waals surface area contributed by atoms with Gasteiger partial charge in [-0.15, -0.1) is 0 Å². The highest BCUT2D eigenvalue weighted by Crippen LogP contribution is 2.32. The monoisotopic (exact) mass is 293 g/mol. The molecule has 0 spiro atoms. The first-order valence-corrected chi connectivity index (χ1v) is 7.44. The maximum atomic E-state index is 10.9. The fourth-order valence-corrected chi connectivity index (χ4v) is 2.71. The molecule has 1 aliphatic rings. The molecule has 1 fully saturated rings. The van der Waals surface area contributed by atoms with Crippen LogP contribution in [0.1, 0.15) is 32.6 Å². The van der Waals surface area contributed by atoms with Gasteiger partial charge in [-0.25, -0.2) is 0 Å². The van der Waals surface area contributed by atoms with Gasteiger partial charge in [0.2, 0.25) is 0 Å². The number of benzene rings is 1. The molecule has 0 saturated heterocycles. The van der Waals surface area contributed by atoms with Crippen LogP contribution in [0, 0.1) is 5.92 Å². The minimum Gasteiger partial charge on any atom is -0.494 e. The predicted molar refractivity (Wildman–Crippen MR) is 80.6 cm³/mol. The van der Waals surface area contributed by atoms with E-state index in [1.165, 1.54) is 0 Å². The summed E-state index contributed by atoms with van der Waals surface area (Å²) in [6.07, 6.45) is 2.10. The molecule has 1 aromatic carbocycles. The summed E-state index contributed by atoms with van der Waals surface area (Å²) < 4.78 is 5.44. The number of carboxylic acids is 1. The van der Waals surface area contributed by atoms with Crippen LogP contribution in [-0.4, -0.2) is 34.9 Å². The quantitative estimate of drug-likeness (QED) is 0.751. The van der Waals surface area contributed by atoms with E-state index in [-0.39, 0.29) is 5.92 Å². The second-order valence-electron chi connectivity index (χ2n) is 5.65. The molecule has 0 radical (unpaired) electrons. The van der Waals surface area contributed by atoms with Crippen LogP contribution < -0.4 is 10.1 Å². The minimum atomic E-state index is -0.826. The van der Waals surface area contributed by atoms with Crippen LogP contribution in [0.5, 0.6) is 5.75 Å². The van der Waals surface area contributed by atoms with Gasteiger partial charge in [0.1, 0.15) is 5.75 Å². The number of hydrogen-bond donors (Lipinski definition) is 3. The lowest BCUT2D eigenvalue weighted by Gasteiger charge is -2.35. The van der Waals surface area contributed by atoms with Gasteiger partial charge in [-0.1, -0.05) is 6.07 Å². The molecule has 0 aromatic heterocycles. The Kier molecular flexibility index (Phi) is 5.07. The van der Waals surface area contributed by atoms with E-state index in [9.17, 15) is 9.90 Å². The van der Waals surface area contributed by atoms with Crippen LogP contribution in [-0.2, 0) is 4.79 Å². The maximum Gasteiger partial charge on any atom is 0.306 e. The summed E-state index contributed by atoms with van der Waals surface area (Å²) in [5.41, 5.74) is 0.0721. The van der Waals surface area contributed by atoms with Crippen LogP contribution in [0.25, 0.3) is 0 Å². The molecule has 5 heteroatoms. The molecule has 21 heavy (non-hydrogen) atoms. The summed E-state index contributed by atoms with van der Waals surface area (Å²) in [6.45, 7) is 2.97. The molecule has 0 bridgehead atoms. The molecular formula is C16H23NO4. The molecule has 2 rings (SSSR count). The van der Waals surface area contributed by atoms with Crippen molar-refractivity contribution in [2.24, 2.45) is 5.92 Å². The molecule has 1 saturated carbocycles. The molecule has 3 N–H and O–H groups in total. The minimum absolute atomic E-state index is 0.313. The first kappa shape index (κ1) is 15.6. The van der Waals surface area contributed by atoms with Crippen molar-refractivity contribution in [3.63, 3.8) is 0 Å². The maximum absolute atomic E-state index is 10.9. The van der Waals surface area contributed by atoms with Crippen molar-refractivity contribution in [1.82, 2.24) is 0 Å². The van der Waals surface area contributed by atoms with E-state index in [1.54, 1.807) is 0 Å². The van der Waals surface area contributed by atoms with Gasteiger partial charge < -0.3 is 20.3 Å². The summed E-state index contributed by atoms with van der Waals surface area (Å²) in [4.78, 5) is 10.9. The summed E-state index contributed by atoms with van der Waals surface area (Å²) in [7, 11) is 0. The summed E-state index contributed by atoms with van der Waals surface area (Å²) in [6, 6.07) is 7.62. The molecule has 0 atom stereocenters. The highest BCUT2D eigenvalue weighted by molar-refractivity contribution is 5.70. The third kappa shape index (κ3) is 4.36. The first-order valence-electron chi connectivity index (χ1n) is 7.44. The Labute approximate surface area is 124 Å². The average molecular weight is 293 g/mol. The van der Waals surface area contributed by atoms with Crippen LogP contribution >= 0.6 is 0 Å². The molecule has 1 aliphatic carbocycles. The number of anilines is 1. The second-order valence-corrected chi connectivity index (χ2v) is 5.65. The van der Waals surface area contributed by atoms with Crippen molar-refractivity contribution in [2.45, 2.75) is 38.2 Å². The number of aliphatic hydroxyl groups is 1. The van der Waals surface area contributed by atoms with E-state index in [2.05, 4.69) is 5.32 Å². The van der Waals surface area contributed by atoms with Crippen LogP contribution in [0.2, 0.25) is 0 Å². The van der Waals surface area contributed by atoms with Crippen molar-refractivity contribution in [1.29, 1.82) is 0 Å². The Balaban J connectivity index is 1.88. The number of carbonyl (C=O) groups is 1. The van der Waals surface area contributed by atoms with Gasteiger partial charge in [-0.3, -0.25) is 4.79 Å². The van der Waals surface area contributed by atoms with Crippen molar-refractivity contribution in [2.75, 3.05) is 18.5 Å². The zero-order valence-corrected chi connectivity index (χ0v) is 12.3. The Morgan fingerprint density at radius 2 is 2.14 bits per heavy atom. The zero-order valence-electron chi connectivity index (χ0n) is 12.3. The summed E-state index contributed by atoms with van der Waals surface area (Å²) in [5, 5.41) is 22.7. The number of aliphatic carboxylic acids is 1. The van der Waals surface area contributed by atoms with Gasteiger partial charge in [0.15, 0.2) is 0 Å². The van der Waals surface area contributed by atoms with Crippen molar-refractivity contribution in [3.05, 3.63) is 24.3 Å². The van der Waals surface area contributed by atoms with Crippen LogP contribution in [0.4, 0.5) is 5.69 Å². The summed E-state index contributed by atoms with van der Waals surface area (Å²) >= 11 is 0. The molecule has 0 heterocycles. The summed E-state index contributed by atoms with van der Waals surface area (Å²) in [5.74, 6) is -0.273. The molecule has 5 nitrogen and oxygen atoms in total. The lowest BCUT2D eigenvalue weighted by atomic mass is 9.79. The molecule has 0 aliphatic heterocycles. The van der Waals surface area contributed by atoms with Gasteiger partial charge in [-0.2, -0.15) is 0 Å². The van der Waals surface area contributed by atoms with Crippen molar-refractivity contribution >= 4 is 11.7 Å². The molecule has 0 amide bonds. The third-order valence-electron chi connectivity index (χ3n) is 4.03. The van der Waals surface area contributed by atoms with Crippen molar-refractivity contribution in [3.8, 4) is 5.75 Å². The number of carboxylic acid groups (broad SMARTS) is 1. The normalized spacial score (nSPS) is 25.3. The fraction of sp³-hybridized carbons (Fsp3) is 0.562. The standard InChI is InChI=1S/C16H23NO4/c1-2-21-14-5-3-4-13(10-14)17-11-16(20)8-6-12(7-9-16)15(18)19/h3-5,10,12,17,20H,2,6-9,11H2,1H3,(H,18,19). The van der Waals surface area contributed by atoms with Gasteiger partial charge in [0.25, 0.3) is 0 Å². The second kappa shape index (κ2) is 6.80. The van der Waals surface area contributed by atoms with Crippen LogP contribution in [0.15, 0.2) is 24.3 Å². The van der Waals surface area contributed by atoms with E-state index in [0.717, 1.165) is 11.4 Å².